The number of rotatable bonds is 2. The topological polar surface area (TPSA) is 54.9 Å². The van der Waals surface area contributed by atoms with Crippen molar-refractivity contribution in [2.75, 3.05) is 5.32 Å². The van der Waals surface area contributed by atoms with Gasteiger partial charge in [-0.3, -0.25) is 9.78 Å². The smallest absolute Gasteiger partial charge is 0.257 e. The molecule has 0 saturated carbocycles. The molecule has 0 fully saturated rings. The van der Waals surface area contributed by atoms with Gasteiger partial charge in [0.2, 0.25) is 0 Å². The second kappa shape index (κ2) is 5.36. The van der Waals surface area contributed by atoms with Crippen molar-refractivity contribution in [3.8, 4) is 0 Å². The average molecular weight is 276 g/mol. The maximum absolute atomic E-state index is 12.2. The molecule has 0 aliphatic heterocycles. The van der Waals surface area contributed by atoms with Crippen LogP contribution in [0.15, 0.2) is 24.3 Å². The number of amides is 1. The molecule has 0 radical (unpaired) electrons. The number of aromatic nitrogens is 2. The fourth-order valence-electron chi connectivity index (χ4n) is 1.78. The lowest BCUT2D eigenvalue weighted by molar-refractivity contribution is 0.102. The van der Waals surface area contributed by atoms with Gasteiger partial charge >= 0.3 is 0 Å². The van der Waals surface area contributed by atoms with Gasteiger partial charge in [0, 0.05) is 5.69 Å². The maximum atomic E-state index is 12.2. The third kappa shape index (κ3) is 3.09. The third-order valence-electron chi connectivity index (χ3n) is 2.77. The zero-order valence-electron chi connectivity index (χ0n) is 11.0. The Bertz CT molecular complexity index is 641. The number of carbonyl (C=O) groups excluding carboxylic acids is 1. The number of halogens is 1. The summed E-state index contributed by atoms with van der Waals surface area (Å²) in [5.41, 5.74) is 3.48. The van der Waals surface area contributed by atoms with E-state index >= 15 is 0 Å². The molecule has 2 aromatic heterocycles. The maximum Gasteiger partial charge on any atom is 0.257 e. The van der Waals surface area contributed by atoms with E-state index in [0.717, 1.165) is 5.69 Å². The van der Waals surface area contributed by atoms with Crippen molar-refractivity contribution in [1.82, 2.24) is 9.97 Å². The van der Waals surface area contributed by atoms with Crippen LogP contribution in [0.2, 0.25) is 5.15 Å². The first kappa shape index (κ1) is 13.5. The number of hydrogen-bond donors (Lipinski definition) is 1. The molecule has 0 atom stereocenters. The van der Waals surface area contributed by atoms with Crippen molar-refractivity contribution in [3.05, 3.63) is 52.1 Å². The Morgan fingerprint density at radius 1 is 1.05 bits per heavy atom. The highest BCUT2D eigenvalue weighted by Crippen LogP contribution is 2.17. The van der Waals surface area contributed by atoms with E-state index in [-0.39, 0.29) is 5.91 Å². The van der Waals surface area contributed by atoms with Crippen molar-refractivity contribution >= 4 is 23.2 Å². The van der Waals surface area contributed by atoms with Crippen molar-refractivity contribution in [1.29, 1.82) is 0 Å². The van der Waals surface area contributed by atoms with Gasteiger partial charge in [0.1, 0.15) is 5.15 Å². The summed E-state index contributed by atoms with van der Waals surface area (Å²) < 4.78 is 0. The highest BCUT2D eigenvalue weighted by molar-refractivity contribution is 6.29. The molecular formula is C14H14ClN3O. The number of hydrogen-bond acceptors (Lipinski definition) is 3. The van der Waals surface area contributed by atoms with E-state index < -0.39 is 0 Å². The minimum atomic E-state index is -0.197. The number of aryl methyl sites for hydroxylation is 3. The minimum Gasteiger partial charge on any atom is -0.320 e. The molecule has 0 saturated heterocycles. The van der Waals surface area contributed by atoms with Crippen molar-refractivity contribution < 1.29 is 4.79 Å². The Labute approximate surface area is 116 Å². The van der Waals surface area contributed by atoms with E-state index in [0.29, 0.717) is 27.8 Å². The zero-order chi connectivity index (χ0) is 14.0. The number of anilines is 1. The number of carbonyl (C=O) groups is 1. The van der Waals surface area contributed by atoms with E-state index in [1.54, 1.807) is 25.1 Å². The van der Waals surface area contributed by atoms with Gasteiger partial charge in [-0.15, -0.1) is 0 Å². The van der Waals surface area contributed by atoms with Crippen molar-refractivity contribution in [2.24, 2.45) is 0 Å². The summed E-state index contributed by atoms with van der Waals surface area (Å²) in [5.74, 6) is -0.197. The molecule has 2 heterocycles. The van der Waals surface area contributed by atoms with Gasteiger partial charge in [0.05, 0.1) is 22.6 Å². The predicted molar refractivity (Wildman–Crippen MR) is 75.6 cm³/mol. The van der Waals surface area contributed by atoms with Gasteiger partial charge in [-0.1, -0.05) is 11.6 Å². The Hall–Kier alpha value is -1.94. The molecule has 0 spiro atoms. The Morgan fingerprint density at radius 2 is 1.79 bits per heavy atom. The molecule has 0 unspecified atom stereocenters. The van der Waals surface area contributed by atoms with Gasteiger partial charge < -0.3 is 5.32 Å². The normalized spacial score (nSPS) is 10.3. The molecule has 2 rings (SSSR count). The van der Waals surface area contributed by atoms with E-state index in [4.69, 9.17) is 11.6 Å². The molecular weight excluding hydrogens is 262 g/mol. The summed E-state index contributed by atoms with van der Waals surface area (Å²) >= 11 is 5.78. The molecule has 5 heteroatoms. The molecule has 0 aliphatic rings. The Balaban J connectivity index is 2.25. The highest BCUT2D eigenvalue weighted by atomic mass is 35.5. The number of nitrogens with one attached hydrogen (secondary N) is 1. The Morgan fingerprint density at radius 3 is 2.42 bits per heavy atom. The predicted octanol–water partition coefficient (Wildman–Crippen LogP) is 3.31. The van der Waals surface area contributed by atoms with Crippen LogP contribution < -0.4 is 5.32 Å². The van der Waals surface area contributed by atoms with Gasteiger partial charge in [0.25, 0.3) is 5.91 Å². The molecule has 19 heavy (non-hydrogen) atoms. The van der Waals surface area contributed by atoms with Crippen LogP contribution in [0.5, 0.6) is 0 Å². The lowest BCUT2D eigenvalue weighted by Gasteiger charge is -2.09. The summed E-state index contributed by atoms with van der Waals surface area (Å²) in [6.07, 6.45) is 0. The lowest BCUT2D eigenvalue weighted by atomic mass is 10.1. The lowest BCUT2D eigenvalue weighted by Crippen LogP contribution is -2.15. The highest BCUT2D eigenvalue weighted by Gasteiger charge is 2.11. The second-order valence-corrected chi connectivity index (χ2v) is 4.69. The SMILES string of the molecule is Cc1ccc(C(=O)Nc2ccc(Cl)nc2C)c(C)n1. The quantitative estimate of drug-likeness (QED) is 0.856. The number of nitrogens with zero attached hydrogens (tertiary/aromatic N) is 2. The van der Waals surface area contributed by atoms with Crippen LogP contribution in [0.4, 0.5) is 5.69 Å². The Kier molecular flexibility index (Phi) is 3.81. The van der Waals surface area contributed by atoms with Crippen LogP contribution in [0, 0.1) is 20.8 Å². The summed E-state index contributed by atoms with van der Waals surface area (Å²) in [4.78, 5) is 20.5. The van der Waals surface area contributed by atoms with Crippen molar-refractivity contribution in [3.63, 3.8) is 0 Å². The first-order valence-corrected chi connectivity index (χ1v) is 6.24. The zero-order valence-corrected chi connectivity index (χ0v) is 11.7. The third-order valence-corrected chi connectivity index (χ3v) is 2.98. The van der Waals surface area contributed by atoms with E-state index in [2.05, 4.69) is 15.3 Å². The molecule has 1 amide bonds. The molecule has 1 N–H and O–H groups in total. The minimum absolute atomic E-state index is 0.197. The first-order chi connectivity index (χ1) is 8.97. The molecule has 2 aromatic rings. The summed E-state index contributed by atoms with van der Waals surface area (Å²) in [6.45, 7) is 5.50. The summed E-state index contributed by atoms with van der Waals surface area (Å²) in [6, 6.07) is 6.96. The molecule has 0 aliphatic carbocycles. The standard InChI is InChI=1S/C14H14ClN3O/c1-8-4-5-11(9(2)16-8)14(19)18-12-6-7-13(15)17-10(12)3/h4-7H,1-3H3,(H,18,19). The monoisotopic (exact) mass is 275 g/mol. The average Bonchev–Trinajstić information content (AvgIpc) is 2.32. The van der Waals surface area contributed by atoms with Crippen LogP contribution >= 0.6 is 11.6 Å². The van der Waals surface area contributed by atoms with Gasteiger partial charge in [-0.25, -0.2) is 4.98 Å². The van der Waals surface area contributed by atoms with Gasteiger partial charge in [-0.05, 0) is 45.0 Å². The fraction of sp³-hybridized carbons (Fsp3) is 0.214. The molecule has 4 nitrogen and oxygen atoms in total. The molecule has 0 bridgehead atoms. The van der Waals surface area contributed by atoms with Crippen LogP contribution in [0.3, 0.4) is 0 Å². The summed E-state index contributed by atoms with van der Waals surface area (Å²) in [5, 5.41) is 3.22. The van der Waals surface area contributed by atoms with E-state index in [9.17, 15) is 4.79 Å². The van der Waals surface area contributed by atoms with Crippen LogP contribution in [-0.4, -0.2) is 15.9 Å². The fourth-order valence-corrected chi connectivity index (χ4v) is 1.97. The van der Waals surface area contributed by atoms with Gasteiger partial charge in [0.15, 0.2) is 0 Å². The van der Waals surface area contributed by atoms with Gasteiger partial charge in [-0.2, -0.15) is 0 Å². The van der Waals surface area contributed by atoms with E-state index in [1.807, 2.05) is 19.9 Å². The summed E-state index contributed by atoms with van der Waals surface area (Å²) in [7, 11) is 0. The number of pyridine rings is 2. The van der Waals surface area contributed by atoms with Crippen LogP contribution in [0.1, 0.15) is 27.4 Å². The first-order valence-electron chi connectivity index (χ1n) is 5.86. The molecule has 0 aromatic carbocycles. The van der Waals surface area contributed by atoms with Crippen LogP contribution in [0.25, 0.3) is 0 Å². The molecule has 98 valence electrons. The van der Waals surface area contributed by atoms with E-state index in [1.165, 1.54) is 0 Å². The van der Waals surface area contributed by atoms with Crippen LogP contribution in [-0.2, 0) is 0 Å². The second-order valence-electron chi connectivity index (χ2n) is 4.31. The largest absolute Gasteiger partial charge is 0.320 e. The van der Waals surface area contributed by atoms with Crippen molar-refractivity contribution in [2.45, 2.75) is 20.8 Å².